The molecule has 198 valence electrons. The fraction of sp³-hybridized carbons (Fsp3) is 0.429. The lowest BCUT2D eigenvalue weighted by Gasteiger charge is -2.36. The highest BCUT2D eigenvalue weighted by Crippen LogP contribution is 2.39. The monoisotopic (exact) mass is 511 g/mol. The summed E-state index contributed by atoms with van der Waals surface area (Å²) in [4.78, 5) is 27.4. The first-order valence-electron chi connectivity index (χ1n) is 12.2. The number of fused-ring (bicyclic) bond motifs is 2. The van der Waals surface area contributed by atoms with Crippen LogP contribution in [0.4, 0.5) is 0 Å². The molecule has 0 radical (unpaired) electrons. The Kier molecular flexibility index (Phi) is 8.23. The minimum absolute atomic E-state index is 0.0316. The Bertz CT molecular complexity index is 1140. The van der Waals surface area contributed by atoms with Gasteiger partial charge < -0.3 is 28.8 Å². The van der Waals surface area contributed by atoms with Gasteiger partial charge >= 0.3 is 11.9 Å². The maximum absolute atomic E-state index is 12.7. The quantitative estimate of drug-likeness (QED) is 0.401. The molecule has 9 nitrogen and oxygen atoms in total. The summed E-state index contributed by atoms with van der Waals surface area (Å²) in [5.74, 6) is 0.796. The molecule has 2 aromatic rings. The summed E-state index contributed by atoms with van der Waals surface area (Å²) < 4.78 is 27.6. The number of nitrogens with zero attached hydrogens (tertiary/aromatic N) is 1. The van der Waals surface area contributed by atoms with Gasteiger partial charge in [-0.25, -0.2) is 4.79 Å². The molecule has 2 heterocycles. The van der Waals surface area contributed by atoms with Gasteiger partial charge in [0, 0.05) is 31.4 Å². The molecule has 2 aliphatic heterocycles. The van der Waals surface area contributed by atoms with Crippen molar-refractivity contribution in [2.45, 2.75) is 50.0 Å². The zero-order chi connectivity index (χ0) is 26.5. The molecule has 0 saturated carbocycles. The van der Waals surface area contributed by atoms with Crippen LogP contribution in [0.3, 0.4) is 0 Å². The van der Waals surface area contributed by atoms with Crippen LogP contribution in [0.1, 0.15) is 30.4 Å². The molecule has 0 spiro atoms. The maximum atomic E-state index is 12.7. The Morgan fingerprint density at radius 3 is 2.38 bits per heavy atom. The number of ether oxygens (including phenoxy) is 5. The Morgan fingerprint density at radius 2 is 1.73 bits per heavy atom. The van der Waals surface area contributed by atoms with Gasteiger partial charge in [-0.1, -0.05) is 12.1 Å². The number of rotatable bonds is 9. The summed E-state index contributed by atoms with van der Waals surface area (Å²) >= 11 is 0. The minimum atomic E-state index is -0.447. The number of methoxy groups -OCH3 is 3. The van der Waals surface area contributed by atoms with E-state index in [0.717, 1.165) is 0 Å². The maximum Gasteiger partial charge on any atom is 0.331 e. The number of hydrogen-bond donors (Lipinski definition) is 1. The van der Waals surface area contributed by atoms with Gasteiger partial charge in [-0.2, -0.15) is 0 Å². The summed E-state index contributed by atoms with van der Waals surface area (Å²) in [5.41, 5.74) is 1.40. The van der Waals surface area contributed by atoms with Crippen molar-refractivity contribution in [2.24, 2.45) is 0 Å². The Hall–Kier alpha value is -3.72. The first-order valence-corrected chi connectivity index (χ1v) is 12.2. The molecule has 1 N–H and O–H groups in total. The zero-order valence-electron chi connectivity index (χ0n) is 21.5. The Labute approximate surface area is 216 Å². The molecule has 9 heteroatoms. The molecule has 0 aromatic heterocycles. The molecular formula is C28H33NO8. The average molecular weight is 512 g/mol. The lowest BCUT2D eigenvalue weighted by Crippen LogP contribution is -2.46. The van der Waals surface area contributed by atoms with E-state index in [0.29, 0.717) is 47.6 Å². The van der Waals surface area contributed by atoms with Crippen LogP contribution < -0.4 is 14.2 Å². The lowest BCUT2D eigenvalue weighted by molar-refractivity contribution is -0.153. The van der Waals surface area contributed by atoms with Gasteiger partial charge in [0.15, 0.2) is 11.5 Å². The molecule has 2 bridgehead atoms. The predicted octanol–water partition coefficient (Wildman–Crippen LogP) is 3.36. The predicted molar refractivity (Wildman–Crippen MR) is 136 cm³/mol. The van der Waals surface area contributed by atoms with Gasteiger partial charge in [0.1, 0.15) is 18.0 Å². The number of piperidine rings is 1. The first kappa shape index (κ1) is 26.3. The number of benzene rings is 2. The number of esters is 2. The van der Waals surface area contributed by atoms with Crippen molar-refractivity contribution in [3.8, 4) is 23.0 Å². The number of phenolic OH excluding ortho intramolecular Hbond substituents is 1. The van der Waals surface area contributed by atoms with E-state index in [4.69, 9.17) is 23.7 Å². The van der Waals surface area contributed by atoms with E-state index < -0.39 is 5.97 Å². The third-order valence-corrected chi connectivity index (χ3v) is 7.00. The van der Waals surface area contributed by atoms with Crippen LogP contribution in [-0.2, 0) is 25.5 Å². The highest BCUT2D eigenvalue weighted by molar-refractivity contribution is 5.87. The smallest absolute Gasteiger partial charge is 0.331 e. The number of likely N-dealkylation sites (N-methyl/N-ethyl adjacent to an activating group) is 1. The molecule has 2 aliphatic rings. The largest absolute Gasteiger partial charge is 0.508 e. The summed E-state index contributed by atoms with van der Waals surface area (Å²) in [6.07, 6.45) is 4.56. The van der Waals surface area contributed by atoms with Crippen molar-refractivity contribution in [3.05, 3.63) is 53.6 Å². The number of carbonyl (C=O) groups excluding carboxylic acids is 2. The van der Waals surface area contributed by atoms with Gasteiger partial charge in [-0.3, -0.25) is 9.69 Å². The minimum Gasteiger partial charge on any atom is -0.508 e. The van der Waals surface area contributed by atoms with E-state index >= 15 is 0 Å². The molecular weight excluding hydrogens is 478 g/mol. The Morgan fingerprint density at radius 1 is 1.00 bits per heavy atom. The first-order chi connectivity index (χ1) is 17.8. The molecule has 3 unspecified atom stereocenters. The molecule has 2 aromatic carbocycles. The van der Waals surface area contributed by atoms with E-state index in [-0.39, 0.29) is 42.4 Å². The molecule has 37 heavy (non-hydrogen) atoms. The van der Waals surface area contributed by atoms with Gasteiger partial charge in [-0.05, 0) is 48.5 Å². The fourth-order valence-electron chi connectivity index (χ4n) is 5.21. The summed E-state index contributed by atoms with van der Waals surface area (Å²) in [5, 5.41) is 9.61. The van der Waals surface area contributed by atoms with Crippen molar-refractivity contribution in [2.75, 3.05) is 28.4 Å². The van der Waals surface area contributed by atoms with Crippen molar-refractivity contribution >= 4 is 18.0 Å². The van der Waals surface area contributed by atoms with Crippen LogP contribution in [0.25, 0.3) is 6.08 Å². The van der Waals surface area contributed by atoms with Crippen LogP contribution in [-0.4, -0.2) is 74.6 Å². The van der Waals surface area contributed by atoms with E-state index in [9.17, 15) is 14.7 Å². The Balaban J connectivity index is 1.35. The third kappa shape index (κ3) is 6.17. The third-order valence-electron chi connectivity index (χ3n) is 7.00. The van der Waals surface area contributed by atoms with Crippen LogP contribution in [0.5, 0.6) is 23.0 Å². The van der Waals surface area contributed by atoms with Gasteiger partial charge in [0.05, 0.1) is 33.8 Å². The van der Waals surface area contributed by atoms with Crippen LogP contribution in [0, 0.1) is 0 Å². The van der Waals surface area contributed by atoms with Gasteiger partial charge in [-0.15, -0.1) is 0 Å². The van der Waals surface area contributed by atoms with E-state index in [2.05, 4.69) is 4.90 Å². The normalized spacial score (nSPS) is 23.0. The topological polar surface area (TPSA) is 104 Å². The molecule has 0 amide bonds. The zero-order valence-corrected chi connectivity index (χ0v) is 21.5. The highest BCUT2D eigenvalue weighted by Gasteiger charge is 2.47. The molecule has 4 rings (SSSR count). The fourth-order valence-corrected chi connectivity index (χ4v) is 5.21. The summed E-state index contributed by atoms with van der Waals surface area (Å²) in [6.45, 7) is 0. The van der Waals surface area contributed by atoms with Gasteiger partial charge in [0.25, 0.3) is 0 Å². The summed E-state index contributed by atoms with van der Waals surface area (Å²) in [6, 6.07) is 10.2. The van der Waals surface area contributed by atoms with Crippen molar-refractivity contribution in [1.29, 1.82) is 0 Å². The second-order valence-corrected chi connectivity index (χ2v) is 9.32. The number of phenols is 1. The van der Waals surface area contributed by atoms with Crippen LogP contribution >= 0.6 is 0 Å². The van der Waals surface area contributed by atoms with E-state index in [1.54, 1.807) is 42.5 Å². The molecule has 2 saturated heterocycles. The average Bonchev–Trinajstić information content (AvgIpc) is 3.03. The van der Waals surface area contributed by atoms with Crippen LogP contribution in [0.15, 0.2) is 42.5 Å². The van der Waals surface area contributed by atoms with E-state index in [1.165, 1.54) is 27.4 Å². The van der Waals surface area contributed by atoms with Gasteiger partial charge in [0.2, 0.25) is 5.75 Å². The lowest BCUT2D eigenvalue weighted by atomic mass is 10.00. The molecule has 4 atom stereocenters. The number of aromatic hydroxyl groups is 1. The standard InChI is InChI=1S/C28H33NO8/c1-29-19-14-21(36-27(32)13-17-6-5-7-20(30)10-17)16-22(29)23(15-19)37-26(31)9-8-18-11-24(33-2)28(35-4)25(12-18)34-3/h5-12,19,21-23,30H,13-16H2,1-4H3/b9-8+/t19?,21?,22?,23-/m0/s1. The molecule has 2 fully saturated rings. The second kappa shape index (κ2) is 11.6. The molecule has 0 aliphatic carbocycles. The highest BCUT2D eigenvalue weighted by atomic mass is 16.6. The summed E-state index contributed by atoms with van der Waals surface area (Å²) in [7, 11) is 6.61. The number of hydrogen-bond acceptors (Lipinski definition) is 9. The van der Waals surface area contributed by atoms with Crippen molar-refractivity contribution in [3.63, 3.8) is 0 Å². The SMILES string of the molecule is COc1cc(/C=C/C(=O)O[C@H]2CC3CC(OC(=O)Cc4cccc(O)c4)CC2N3C)cc(OC)c1OC. The van der Waals surface area contributed by atoms with E-state index in [1.807, 2.05) is 7.05 Å². The number of carbonyl (C=O) groups is 2. The second-order valence-electron chi connectivity index (χ2n) is 9.32. The van der Waals surface area contributed by atoms with Crippen molar-refractivity contribution < 1.29 is 38.4 Å². The van der Waals surface area contributed by atoms with Crippen molar-refractivity contribution in [1.82, 2.24) is 4.90 Å². The van der Waals surface area contributed by atoms with Crippen LogP contribution in [0.2, 0.25) is 0 Å².